The van der Waals surface area contributed by atoms with E-state index < -0.39 is 0 Å². The van der Waals surface area contributed by atoms with Gasteiger partial charge in [0.15, 0.2) is 0 Å². The molecule has 0 radical (unpaired) electrons. The predicted octanol–water partition coefficient (Wildman–Crippen LogP) is 3.57. The van der Waals surface area contributed by atoms with Gasteiger partial charge < -0.3 is 4.42 Å². The predicted molar refractivity (Wildman–Crippen MR) is 51.4 cm³/mol. The summed E-state index contributed by atoms with van der Waals surface area (Å²) < 4.78 is 5.29. The zero-order valence-electron chi connectivity index (χ0n) is 6.91. The quantitative estimate of drug-likeness (QED) is 0.685. The van der Waals surface area contributed by atoms with Gasteiger partial charge >= 0.3 is 0 Å². The van der Waals surface area contributed by atoms with Crippen LogP contribution in [0.3, 0.4) is 0 Å². The molecule has 0 saturated carbocycles. The zero-order chi connectivity index (χ0) is 8.39. The highest BCUT2D eigenvalue weighted by Gasteiger charge is 2.02. The smallest absolute Gasteiger partial charge is 0.143 e. The summed E-state index contributed by atoms with van der Waals surface area (Å²) in [4.78, 5) is 2.62. The van der Waals surface area contributed by atoms with Gasteiger partial charge in [0.1, 0.15) is 5.76 Å². The summed E-state index contributed by atoms with van der Waals surface area (Å²) in [6.45, 7) is 2.16. The van der Waals surface area contributed by atoms with Gasteiger partial charge in [-0.1, -0.05) is 6.92 Å². The van der Waals surface area contributed by atoms with Crippen molar-refractivity contribution in [1.29, 1.82) is 0 Å². The number of furan rings is 1. The van der Waals surface area contributed by atoms with Crippen molar-refractivity contribution in [2.45, 2.75) is 13.3 Å². The molecule has 0 amide bonds. The Balaban J connectivity index is 2.35. The van der Waals surface area contributed by atoms with Gasteiger partial charge in [-0.05, 0) is 30.7 Å². The molecule has 0 aromatic carbocycles. The average molecular weight is 178 g/mol. The van der Waals surface area contributed by atoms with Crippen molar-refractivity contribution in [3.8, 4) is 10.6 Å². The van der Waals surface area contributed by atoms with Gasteiger partial charge in [-0.15, -0.1) is 11.3 Å². The number of thiophene rings is 1. The Kier molecular flexibility index (Phi) is 2.00. The molecule has 2 aromatic rings. The summed E-state index contributed by atoms with van der Waals surface area (Å²) in [7, 11) is 0. The lowest BCUT2D eigenvalue weighted by atomic mass is 10.3. The molecule has 0 bridgehead atoms. The maximum absolute atomic E-state index is 5.29. The normalized spacial score (nSPS) is 10.4. The van der Waals surface area contributed by atoms with E-state index in [9.17, 15) is 0 Å². The van der Waals surface area contributed by atoms with Crippen LogP contribution in [0.5, 0.6) is 0 Å². The van der Waals surface area contributed by atoms with Crippen LogP contribution in [0.1, 0.15) is 11.8 Å². The fourth-order valence-corrected chi connectivity index (χ4v) is 2.03. The van der Waals surface area contributed by atoms with E-state index in [2.05, 4.69) is 19.1 Å². The Morgan fingerprint density at radius 3 is 2.83 bits per heavy atom. The molecule has 2 heterocycles. The Bertz CT molecular complexity index is 346. The first kappa shape index (κ1) is 7.62. The topological polar surface area (TPSA) is 13.1 Å². The number of aryl methyl sites for hydroxylation is 1. The minimum Gasteiger partial charge on any atom is -0.464 e. The first-order chi connectivity index (χ1) is 5.90. The lowest BCUT2D eigenvalue weighted by Gasteiger charge is -1.87. The first-order valence-electron chi connectivity index (χ1n) is 4.02. The fourth-order valence-electron chi connectivity index (χ4n) is 1.12. The van der Waals surface area contributed by atoms with Crippen LogP contribution in [-0.2, 0) is 6.42 Å². The van der Waals surface area contributed by atoms with Crippen molar-refractivity contribution in [1.82, 2.24) is 0 Å². The van der Waals surface area contributed by atoms with Crippen LogP contribution in [0.25, 0.3) is 10.6 Å². The third-order valence-corrected chi connectivity index (χ3v) is 3.02. The van der Waals surface area contributed by atoms with Gasteiger partial charge in [-0.3, -0.25) is 0 Å². The molecule has 0 aliphatic heterocycles. The molecule has 0 aliphatic carbocycles. The molecule has 2 heteroatoms. The highest BCUT2D eigenvalue weighted by molar-refractivity contribution is 7.15. The van der Waals surface area contributed by atoms with Crippen molar-refractivity contribution in [2.24, 2.45) is 0 Å². The molecule has 0 saturated heterocycles. The number of rotatable bonds is 2. The standard InChI is InChI=1S/C10H10OS/c1-2-8-5-6-10(12-8)9-4-3-7-11-9/h3-7H,2H2,1H3. The van der Waals surface area contributed by atoms with Crippen LogP contribution in [0.4, 0.5) is 0 Å². The van der Waals surface area contributed by atoms with Gasteiger partial charge in [0, 0.05) is 4.88 Å². The van der Waals surface area contributed by atoms with Crippen molar-refractivity contribution in [2.75, 3.05) is 0 Å². The van der Waals surface area contributed by atoms with E-state index in [0.29, 0.717) is 0 Å². The van der Waals surface area contributed by atoms with Crippen LogP contribution in [0.2, 0.25) is 0 Å². The second kappa shape index (κ2) is 3.15. The van der Waals surface area contributed by atoms with Gasteiger partial charge in [-0.2, -0.15) is 0 Å². The van der Waals surface area contributed by atoms with E-state index in [1.165, 1.54) is 9.75 Å². The summed E-state index contributed by atoms with van der Waals surface area (Å²) in [6.07, 6.45) is 2.81. The summed E-state index contributed by atoms with van der Waals surface area (Å²) in [5.74, 6) is 0.972. The lowest BCUT2D eigenvalue weighted by Crippen LogP contribution is -1.64. The molecule has 0 spiro atoms. The molecule has 0 unspecified atom stereocenters. The Morgan fingerprint density at radius 1 is 1.33 bits per heavy atom. The van der Waals surface area contributed by atoms with Gasteiger partial charge in [-0.25, -0.2) is 0 Å². The van der Waals surface area contributed by atoms with Gasteiger partial charge in [0.2, 0.25) is 0 Å². The van der Waals surface area contributed by atoms with E-state index >= 15 is 0 Å². The minimum absolute atomic E-state index is 0.972. The van der Waals surface area contributed by atoms with Crippen molar-refractivity contribution < 1.29 is 4.42 Å². The maximum Gasteiger partial charge on any atom is 0.143 e. The average Bonchev–Trinajstić information content (AvgIpc) is 2.75. The molecule has 62 valence electrons. The lowest BCUT2D eigenvalue weighted by molar-refractivity contribution is 0.584. The van der Waals surface area contributed by atoms with Crippen molar-refractivity contribution in [3.63, 3.8) is 0 Å². The molecule has 2 aromatic heterocycles. The molecule has 0 atom stereocenters. The van der Waals surface area contributed by atoms with Crippen LogP contribution >= 0.6 is 11.3 Å². The maximum atomic E-state index is 5.29. The van der Waals surface area contributed by atoms with E-state index in [4.69, 9.17) is 4.42 Å². The molecule has 12 heavy (non-hydrogen) atoms. The van der Waals surface area contributed by atoms with E-state index in [0.717, 1.165) is 12.2 Å². The Hall–Kier alpha value is -1.02. The van der Waals surface area contributed by atoms with Crippen molar-refractivity contribution >= 4 is 11.3 Å². The monoisotopic (exact) mass is 178 g/mol. The number of hydrogen-bond acceptors (Lipinski definition) is 2. The van der Waals surface area contributed by atoms with Crippen LogP contribution in [0.15, 0.2) is 34.9 Å². The fraction of sp³-hybridized carbons (Fsp3) is 0.200. The zero-order valence-corrected chi connectivity index (χ0v) is 7.73. The van der Waals surface area contributed by atoms with Crippen molar-refractivity contribution in [3.05, 3.63) is 35.4 Å². The SMILES string of the molecule is CCc1ccc(-c2ccco2)s1. The van der Waals surface area contributed by atoms with Crippen LogP contribution < -0.4 is 0 Å². The first-order valence-corrected chi connectivity index (χ1v) is 4.84. The third-order valence-electron chi connectivity index (χ3n) is 1.77. The molecule has 0 aliphatic rings. The van der Waals surface area contributed by atoms with E-state index in [-0.39, 0.29) is 0 Å². The molecular weight excluding hydrogens is 168 g/mol. The van der Waals surface area contributed by atoms with Crippen LogP contribution in [0, 0.1) is 0 Å². The number of hydrogen-bond donors (Lipinski definition) is 0. The second-order valence-electron chi connectivity index (χ2n) is 2.60. The van der Waals surface area contributed by atoms with Gasteiger partial charge in [0.05, 0.1) is 11.1 Å². The van der Waals surface area contributed by atoms with Crippen LogP contribution in [-0.4, -0.2) is 0 Å². The van der Waals surface area contributed by atoms with Gasteiger partial charge in [0.25, 0.3) is 0 Å². The summed E-state index contributed by atoms with van der Waals surface area (Å²) in [5, 5.41) is 0. The Morgan fingerprint density at radius 2 is 2.25 bits per heavy atom. The second-order valence-corrected chi connectivity index (χ2v) is 3.77. The molecule has 1 nitrogen and oxygen atoms in total. The minimum atomic E-state index is 0.972. The third kappa shape index (κ3) is 1.30. The summed E-state index contributed by atoms with van der Waals surface area (Å²) in [5.41, 5.74) is 0. The summed E-state index contributed by atoms with van der Waals surface area (Å²) in [6, 6.07) is 8.18. The molecular formula is C10H10OS. The summed E-state index contributed by atoms with van der Waals surface area (Å²) >= 11 is 1.80. The highest BCUT2D eigenvalue weighted by atomic mass is 32.1. The molecule has 0 fully saturated rings. The largest absolute Gasteiger partial charge is 0.464 e. The highest BCUT2D eigenvalue weighted by Crippen LogP contribution is 2.28. The molecule has 0 N–H and O–H groups in total. The van der Waals surface area contributed by atoms with E-state index in [1.807, 2.05) is 12.1 Å². The van der Waals surface area contributed by atoms with E-state index in [1.54, 1.807) is 17.6 Å². The molecule has 2 rings (SSSR count). The Labute approximate surface area is 75.7 Å².